The van der Waals surface area contributed by atoms with Gasteiger partial charge >= 0.3 is 0 Å². The number of hydrogen-bond donors (Lipinski definition) is 1. The minimum Gasteiger partial charge on any atom is -0.364 e. The van der Waals surface area contributed by atoms with Crippen molar-refractivity contribution in [1.29, 1.82) is 0 Å². The zero-order chi connectivity index (χ0) is 21.2. The van der Waals surface area contributed by atoms with Crippen LogP contribution in [0.2, 0.25) is 0 Å². The number of carbonyl (C=O) groups is 2. The molecule has 0 saturated carbocycles. The summed E-state index contributed by atoms with van der Waals surface area (Å²) in [6.07, 6.45) is 7.29. The molecule has 2 aromatic rings. The number of nitrogens with two attached hydrogens (primary N) is 1. The molecule has 2 rings (SSSR count). The SMILES string of the molecule is C#CC(C)(C)N(C(=O)Cc1c(C)nn(C(C)C)c1C)c1ccnc(C(N)=O)c1. The molecule has 0 radical (unpaired) electrons. The quantitative estimate of drug-likeness (QED) is 0.778. The molecule has 0 bridgehead atoms. The summed E-state index contributed by atoms with van der Waals surface area (Å²) in [5.41, 5.74) is 7.61. The van der Waals surface area contributed by atoms with Crippen LogP contribution in [0.15, 0.2) is 18.3 Å². The second-order valence-electron chi connectivity index (χ2n) is 7.56. The molecular weight excluding hydrogens is 354 g/mol. The van der Waals surface area contributed by atoms with Crippen molar-refractivity contribution in [2.24, 2.45) is 5.73 Å². The number of anilines is 1. The van der Waals surface area contributed by atoms with Crippen LogP contribution in [0.4, 0.5) is 5.69 Å². The first-order valence-electron chi connectivity index (χ1n) is 9.10. The third-order valence-electron chi connectivity index (χ3n) is 4.71. The van der Waals surface area contributed by atoms with Crippen molar-refractivity contribution >= 4 is 17.5 Å². The van der Waals surface area contributed by atoms with Crippen molar-refractivity contribution in [3.8, 4) is 12.3 Å². The number of carbonyl (C=O) groups excluding carboxylic acids is 2. The monoisotopic (exact) mass is 381 g/mol. The van der Waals surface area contributed by atoms with E-state index in [1.807, 2.05) is 32.4 Å². The molecule has 2 heterocycles. The Balaban J connectivity index is 2.49. The number of rotatable bonds is 6. The Morgan fingerprint density at radius 1 is 1.36 bits per heavy atom. The molecule has 148 valence electrons. The number of aryl methyl sites for hydroxylation is 1. The van der Waals surface area contributed by atoms with E-state index in [2.05, 4.69) is 16.0 Å². The maximum atomic E-state index is 13.3. The Kier molecular flexibility index (Phi) is 5.93. The largest absolute Gasteiger partial charge is 0.364 e. The fraction of sp³-hybridized carbons (Fsp3) is 0.429. The van der Waals surface area contributed by atoms with Crippen LogP contribution in [0.3, 0.4) is 0 Å². The van der Waals surface area contributed by atoms with Gasteiger partial charge in [-0.05, 0) is 53.7 Å². The van der Waals surface area contributed by atoms with Crippen LogP contribution in [-0.4, -0.2) is 32.1 Å². The number of terminal acetylenes is 1. The first-order valence-corrected chi connectivity index (χ1v) is 9.10. The van der Waals surface area contributed by atoms with E-state index in [0.29, 0.717) is 5.69 Å². The molecular formula is C21H27N5O2. The molecule has 0 spiro atoms. The van der Waals surface area contributed by atoms with Gasteiger partial charge in [0.1, 0.15) is 11.2 Å². The van der Waals surface area contributed by atoms with Crippen molar-refractivity contribution in [2.45, 2.75) is 59.5 Å². The summed E-state index contributed by atoms with van der Waals surface area (Å²) in [6.45, 7) is 11.5. The van der Waals surface area contributed by atoms with Crippen LogP contribution in [0.1, 0.15) is 61.2 Å². The Bertz CT molecular complexity index is 950. The maximum absolute atomic E-state index is 13.3. The molecule has 0 aromatic carbocycles. The minimum atomic E-state index is -0.913. The first-order chi connectivity index (χ1) is 13.0. The van der Waals surface area contributed by atoms with E-state index in [-0.39, 0.29) is 24.1 Å². The zero-order valence-electron chi connectivity index (χ0n) is 17.3. The average Bonchev–Trinajstić information content (AvgIpc) is 2.90. The maximum Gasteiger partial charge on any atom is 0.267 e. The van der Waals surface area contributed by atoms with E-state index in [0.717, 1.165) is 17.0 Å². The lowest BCUT2D eigenvalue weighted by Gasteiger charge is -2.35. The van der Waals surface area contributed by atoms with Crippen LogP contribution in [0.5, 0.6) is 0 Å². The number of aromatic nitrogens is 3. The van der Waals surface area contributed by atoms with Gasteiger partial charge in [0.25, 0.3) is 5.91 Å². The van der Waals surface area contributed by atoms with Crippen LogP contribution in [0.25, 0.3) is 0 Å². The van der Waals surface area contributed by atoms with Gasteiger partial charge in [0.2, 0.25) is 5.91 Å². The highest BCUT2D eigenvalue weighted by Crippen LogP contribution is 2.27. The van der Waals surface area contributed by atoms with Crippen LogP contribution < -0.4 is 10.6 Å². The van der Waals surface area contributed by atoms with Gasteiger partial charge in [0.05, 0.1) is 12.1 Å². The van der Waals surface area contributed by atoms with Crippen LogP contribution >= 0.6 is 0 Å². The molecule has 7 heteroatoms. The van der Waals surface area contributed by atoms with E-state index in [4.69, 9.17) is 12.2 Å². The average molecular weight is 381 g/mol. The third kappa shape index (κ3) is 4.06. The Morgan fingerprint density at radius 3 is 2.50 bits per heavy atom. The Morgan fingerprint density at radius 2 is 2.00 bits per heavy atom. The highest BCUT2D eigenvalue weighted by Gasteiger charge is 2.32. The van der Waals surface area contributed by atoms with Crippen molar-refractivity contribution in [3.05, 3.63) is 41.0 Å². The second kappa shape index (κ2) is 7.85. The van der Waals surface area contributed by atoms with Gasteiger partial charge in [-0.3, -0.25) is 24.2 Å². The topological polar surface area (TPSA) is 94.1 Å². The van der Waals surface area contributed by atoms with Crippen molar-refractivity contribution < 1.29 is 9.59 Å². The number of pyridine rings is 1. The predicted molar refractivity (Wildman–Crippen MR) is 109 cm³/mol. The van der Waals surface area contributed by atoms with Gasteiger partial charge in [-0.15, -0.1) is 6.42 Å². The minimum absolute atomic E-state index is 0.0723. The summed E-state index contributed by atoms with van der Waals surface area (Å²) < 4.78 is 1.91. The Labute approximate surface area is 165 Å². The molecule has 2 aromatic heterocycles. The van der Waals surface area contributed by atoms with Gasteiger partial charge in [0.15, 0.2) is 0 Å². The third-order valence-corrected chi connectivity index (χ3v) is 4.71. The lowest BCUT2D eigenvalue weighted by molar-refractivity contribution is -0.118. The molecule has 0 atom stereocenters. The molecule has 0 saturated heterocycles. The normalized spacial score (nSPS) is 11.4. The van der Waals surface area contributed by atoms with Crippen molar-refractivity contribution in [2.75, 3.05) is 4.90 Å². The molecule has 0 fully saturated rings. The molecule has 0 aliphatic heterocycles. The number of primary amides is 1. The fourth-order valence-corrected chi connectivity index (χ4v) is 3.22. The highest BCUT2D eigenvalue weighted by molar-refractivity contribution is 5.98. The summed E-state index contributed by atoms with van der Waals surface area (Å²) in [4.78, 5) is 30.3. The summed E-state index contributed by atoms with van der Waals surface area (Å²) in [5.74, 6) is 1.79. The van der Waals surface area contributed by atoms with Crippen LogP contribution in [0, 0.1) is 26.2 Å². The molecule has 0 unspecified atom stereocenters. The number of nitrogens with zero attached hydrogens (tertiary/aromatic N) is 4. The van der Waals surface area contributed by atoms with Gasteiger partial charge in [-0.2, -0.15) is 5.10 Å². The molecule has 7 nitrogen and oxygen atoms in total. The van der Waals surface area contributed by atoms with Crippen molar-refractivity contribution in [3.63, 3.8) is 0 Å². The second-order valence-corrected chi connectivity index (χ2v) is 7.56. The van der Waals surface area contributed by atoms with Crippen LogP contribution in [-0.2, 0) is 11.2 Å². The van der Waals surface area contributed by atoms with Gasteiger partial charge in [0, 0.05) is 29.2 Å². The summed E-state index contributed by atoms with van der Waals surface area (Å²) in [7, 11) is 0. The first kappa shape index (κ1) is 21.2. The standard InChI is InChI=1S/C21H27N5O2/c1-8-21(6,7)25(16-9-10-23-18(11-16)20(22)28)19(27)12-17-14(4)24-26(13(2)3)15(17)5/h1,9-11,13H,12H2,2-7H3,(H2,22,28). The molecule has 0 aliphatic carbocycles. The smallest absolute Gasteiger partial charge is 0.267 e. The molecule has 0 aliphatic rings. The molecule has 28 heavy (non-hydrogen) atoms. The zero-order valence-corrected chi connectivity index (χ0v) is 17.3. The summed E-state index contributed by atoms with van der Waals surface area (Å²) in [5, 5.41) is 4.55. The summed E-state index contributed by atoms with van der Waals surface area (Å²) in [6, 6.07) is 3.32. The van der Waals surface area contributed by atoms with Crippen molar-refractivity contribution in [1.82, 2.24) is 14.8 Å². The Hall–Kier alpha value is -3.14. The molecule has 2 N–H and O–H groups in total. The predicted octanol–water partition coefficient (Wildman–Crippen LogP) is 2.56. The van der Waals surface area contributed by atoms with E-state index in [1.165, 1.54) is 17.2 Å². The van der Waals surface area contributed by atoms with Gasteiger partial charge in [-0.1, -0.05) is 5.92 Å². The fourth-order valence-electron chi connectivity index (χ4n) is 3.22. The van der Waals surface area contributed by atoms with E-state index in [1.54, 1.807) is 19.9 Å². The van der Waals surface area contributed by atoms with E-state index >= 15 is 0 Å². The lowest BCUT2D eigenvalue weighted by Crippen LogP contribution is -2.48. The highest BCUT2D eigenvalue weighted by atomic mass is 16.2. The summed E-state index contributed by atoms with van der Waals surface area (Å²) >= 11 is 0. The van der Waals surface area contributed by atoms with Gasteiger partial charge in [-0.25, -0.2) is 0 Å². The molecule has 2 amide bonds. The van der Waals surface area contributed by atoms with E-state index < -0.39 is 11.4 Å². The van der Waals surface area contributed by atoms with E-state index in [9.17, 15) is 9.59 Å². The van der Waals surface area contributed by atoms with Gasteiger partial charge < -0.3 is 5.73 Å². The number of hydrogen-bond acceptors (Lipinski definition) is 4. The lowest BCUT2D eigenvalue weighted by atomic mass is 10.00. The number of amides is 2.